The number of hydrogen-bond donors (Lipinski definition) is 0. The number of esters is 1. The summed E-state index contributed by atoms with van der Waals surface area (Å²) in [6, 6.07) is 5.16. The van der Waals surface area contributed by atoms with E-state index in [0.29, 0.717) is 11.3 Å². The maximum Gasteiger partial charge on any atom is 0.309 e. The van der Waals surface area contributed by atoms with Gasteiger partial charge in [0.15, 0.2) is 0 Å². The quantitative estimate of drug-likeness (QED) is 0.801. The van der Waals surface area contributed by atoms with Gasteiger partial charge in [-0.25, -0.2) is 4.98 Å². The van der Waals surface area contributed by atoms with Gasteiger partial charge in [0.25, 0.3) is 5.56 Å². The molecule has 0 aromatic carbocycles. The minimum atomic E-state index is -0.151. The Hall–Kier alpha value is -1.82. The molecule has 0 radical (unpaired) electrons. The molecular formula is C18H20N2O3S. The van der Waals surface area contributed by atoms with E-state index in [1.165, 1.54) is 10.5 Å². The number of thioether (sulfide) groups is 1. The molecule has 6 heteroatoms. The molecule has 0 amide bonds. The number of carbonyl (C=O) groups excluding carboxylic acids is 1. The number of aryl methyl sites for hydroxylation is 1. The summed E-state index contributed by atoms with van der Waals surface area (Å²) < 4.78 is 6.96. The third kappa shape index (κ3) is 2.83. The summed E-state index contributed by atoms with van der Waals surface area (Å²) in [6.07, 6.45) is 4.95. The first-order valence-corrected chi connectivity index (χ1v) is 9.46. The minimum absolute atomic E-state index is 0.0441. The molecule has 1 atom stereocenters. The SMILES string of the molecule is Cc1ccc2nc(COC(=O)C3CC34CCSCC4)cc(=O)n2c1. The highest BCUT2D eigenvalue weighted by atomic mass is 32.2. The third-order valence-corrected chi connectivity index (χ3v) is 6.17. The molecule has 126 valence electrons. The van der Waals surface area contributed by atoms with E-state index >= 15 is 0 Å². The Labute approximate surface area is 144 Å². The Balaban J connectivity index is 1.44. The van der Waals surface area contributed by atoms with Gasteiger partial charge in [0, 0.05) is 12.3 Å². The Morgan fingerprint density at radius 3 is 3.00 bits per heavy atom. The molecule has 0 bridgehead atoms. The van der Waals surface area contributed by atoms with E-state index in [2.05, 4.69) is 4.98 Å². The van der Waals surface area contributed by atoms with E-state index in [1.54, 1.807) is 12.3 Å². The largest absolute Gasteiger partial charge is 0.459 e. The summed E-state index contributed by atoms with van der Waals surface area (Å²) in [7, 11) is 0. The molecule has 2 aromatic rings. The van der Waals surface area contributed by atoms with Crippen LogP contribution in [-0.2, 0) is 16.1 Å². The third-order valence-electron chi connectivity index (χ3n) is 5.19. The fourth-order valence-corrected chi connectivity index (χ4v) is 4.90. The van der Waals surface area contributed by atoms with E-state index in [-0.39, 0.29) is 29.5 Å². The second-order valence-corrected chi connectivity index (χ2v) is 8.08. The Bertz CT molecular complexity index is 855. The van der Waals surface area contributed by atoms with Crippen LogP contribution in [0.3, 0.4) is 0 Å². The van der Waals surface area contributed by atoms with Crippen LogP contribution in [0.15, 0.2) is 29.2 Å². The summed E-state index contributed by atoms with van der Waals surface area (Å²) in [5.41, 5.74) is 2.13. The fourth-order valence-electron chi connectivity index (χ4n) is 3.59. The highest BCUT2D eigenvalue weighted by molar-refractivity contribution is 7.99. The van der Waals surface area contributed by atoms with Crippen LogP contribution in [0.5, 0.6) is 0 Å². The Kier molecular flexibility index (Phi) is 3.87. The lowest BCUT2D eigenvalue weighted by Crippen LogP contribution is -2.20. The van der Waals surface area contributed by atoms with Gasteiger partial charge in [-0.3, -0.25) is 14.0 Å². The highest BCUT2D eigenvalue weighted by Crippen LogP contribution is 2.60. The van der Waals surface area contributed by atoms with Crippen LogP contribution in [0.1, 0.15) is 30.5 Å². The van der Waals surface area contributed by atoms with Crippen molar-refractivity contribution in [2.75, 3.05) is 11.5 Å². The van der Waals surface area contributed by atoms with Gasteiger partial charge in [-0.15, -0.1) is 0 Å². The van der Waals surface area contributed by atoms with Crippen molar-refractivity contribution in [3.8, 4) is 0 Å². The molecule has 3 heterocycles. The summed E-state index contributed by atoms with van der Waals surface area (Å²) in [5.74, 6) is 2.20. The van der Waals surface area contributed by atoms with E-state index in [1.807, 2.05) is 24.8 Å². The number of pyridine rings is 1. The molecule has 1 aliphatic heterocycles. The van der Waals surface area contributed by atoms with Crippen molar-refractivity contribution in [2.24, 2.45) is 11.3 Å². The molecular weight excluding hydrogens is 324 g/mol. The predicted octanol–water partition coefficient (Wildman–Crippen LogP) is 2.58. The van der Waals surface area contributed by atoms with E-state index < -0.39 is 0 Å². The van der Waals surface area contributed by atoms with Crippen molar-refractivity contribution < 1.29 is 9.53 Å². The van der Waals surface area contributed by atoms with E-state index in [0.717, 1.165) is 36.3 Å². The number of nitrogens with zero attached hydrogens (tertiary/aromatic N) is 2. The summed E-state index contributed by atoms with van der Waals surface area (Å²) in [5, 5.41) is 0. The van der Waals surface area contributed by atoms with E-state index in [9.17, 15) is 9.59 Å². The van der Waals surface area contributed by atoms with Crippen LogP contribution in [-0.4, -0.2) is 26.9 Å². The first-order chi connectivity index (χ1) is 11.6. The van der Waals surface area contributed by atoms with Crippen molar-refractivity contribution in [1.29, 1.82) is 0 Å². The van der Waals surface area contributed by atoms with Gasteiger partial charge in [-0.05, 0) is 54.7 Å². The Morgan fingerprint density at radius 1 is 1.42 bits per heavy atom. The van der Waals surface area contributed by atoms with Crippen LogP contribution < -0.4 is 5.56 Å². The van der Waals surface area contributed by atoms with Gasteiger partial charge in [0.05, 0.1) is 11.6 Å². The molecule has 1 spiro atoms. The van der Waals surface area contributed by atoms with Gasteiger partial charge in [-0.1, -0.05) is 6.07 Å². The van der Waals surface area contributed by atoms with Crippen molar-refractivity contribution in [3.05, 3.63) is 46.0 Å². The second-order valence-electron chi connectivity index (χ2n) is 6.86. The number of aromatic nitrogens is 2. The lowest BCUT2D eigenvalue weighted by Gasteiger charge is -2.21. The second kappa shape index (κ2) is 5.92. The first-order valence-electron chi connectivity index (χ1n) is 8.31. The topological polar surface area (TPSA) is 60.7 Å². The average Bonchev–Trinajstić information content (AvgIpc) is 3.27. The van der Waals surface area contributed by atoms with E-state index in [4.69, 9.17) is 4.74 Å². The summed E-state index contributed by atoms with van der Waals surface area (Å²) >= 11 is 1.97. The molecule has 1 saturated heterocycles. The number of ether oxygens (including phenoxy) is 1. The Morgan fingerprint density at radius 2 is 2.21 bits per heavy atom. The maximum absolute atomic E-state index is 12.3. The lowest BCUT2D eigenvalue weighted by molar-refractivity contribution is -0.147. The zero-order chi connectivity index (χ0) is 16.7. The molecule has 5 nitrogen and oxygen atoms in total. The lowest BCUT2D eigenvalue weighted by atomic mass is 9.96. The van der Waals surface area contributed by atoms with Crippen LogP contribution in [0.2, 0.25) is 0 Å². The summed E-state index contributed by atoms with van der Waals surface area (Å²) in [4.78, 5) is 28.9. The normalized spacial score (nSPS) is 21.8. The smallest absolute Gasteiger partial charge is 0.309 e. The van der Waals surface area contributed by atoms with Crippen molar-refractivity contribution in [1.82, 2.24) is 9.38 Å². The van der Waals surface area contributed by atoms with Crippen LogP contribution in [0.25, 0.3) is 5.65 Å². The number of carbonyl (C=O) groups is 1. The van der Waals surface area contributed by atoms with Gasteiger partial charge < -0.3 is 4.74 Å². The van der Waals surface area contributed by atoms with Crippen LogP contribution >= 0.6 is 11.8 Å². The molecule has 1 aliphatic carbocycles. The minimum Gasteiger partial charge on any atom is -0.459 e. The van der Waals surface area contributed by atoms with Crippen LogP contribution in [0.4, 0.5) is 0 Å². The van der Waals surface area contributed by atoms with Crippen molar-refractivity contribution in [2.45, 2.75) is 32.8 Å². The number of fused-ring (bicyclic) bond motifs is 1. The molecule has 2 fully saturated rings. The molecule has 1 unspecified atom stereocenters. The highest BCUT2D eigenvalue weighted by Gasteiger charge is 2.58. The van der Waals surface area contributed by atoms with Gasteiger partial charge in [-0.2, -0.15) is 11.8 Å². The van der Waals surface area contributed by atoms with Crippen LogP contribution in [0, 0.1) is 18.3 Å². The zero-order valence-electron chi connectivity index (χ0n) is 13.7. The predicted molar refractivity (Wildman–Crippen MR) is 93.1 cm³/mol. The first kappa shape index (κ1) is 15.7. The number of hydrogen-bond acceptors (Lipinski definition) is 5. The maximum atomic E-state index is 12.3. The van der Waals surface area contributed by atoms with Crippen molar-refractivity contribution >= 4 is 23.4 Å². The molecule has 4 rings (SSSR count). The fraction of sp³-hybridized carbons (Fsp3) is 0.500. The molecule has 2 aliphatic rings. The molecule has 2 aromatic heterocycles. The van der Waals surface area contributed by atoms with Gasteiger partial charge >= 0.3 is 5.97 Å². The number of rotatable bonds is 3. The standard InChI is InChI=1S/C18H20N2O3S/c1-12-2-3-15-19-13(8-16(21)20(15)10-12)11-23-17(22)14-9-18(14)4-6-24-7-5-18/h2-3,8,10,14H,4-7,9,11H2,1H3. The average molecular weight is 344 g/mol. The monoisotopic (exact) mass is 344 g/mol. The zero-order valence-corrected chi connectivity index (χ0v) is 14.5. The van der Waals surface area contributed by atoms with Crippen molar-refractivity contribution in [3.63, 3.8) is 0 Å². The molecule has 1 saturated carbocycles. The van der Waals surface area contributed by atoms with Gasteiger partial charge in [0.1, 0.15) is 12.3 Å². The molecule has 24 heavy (non-hydrogen) atoms. The summed E-state index contributed by atoms with van der Waals surface area (Å²) in [6.45, 7) is 2.00. The molecule has 0 N–H and O–H groups in total. The van der Waals surface area contributed by atoms with Gasteiger partial charge in [0.2, 0.25) is 0 Å².